The van der Waals surface area contributed by atoms with Crippen LogP contribution in [0.25, 0.3) is 17.1 Å². The maximum absolute atomic E-state index is 12.2. The van der Waals surface area contributed by atoms with E-state index < -0.39 is 0 Å². The van der Waals surface area contributed by atoms with Gasteiger partial charge in [0.2, 0.25) is 5.78 Å². The fraction of sp³-hybridized carbons (Fsp3) is 0.0667. The van der Waals surface area contributed by atoms with Crippen molar-refractivity contribution < 1.29 is 4.79 Å². The third-order valence-electron chi connectivity index (χ3n) is 2.95. The second-order valence-corrected chi connectivity index (χ2v) is 5.18. The van der Waals surface area contributed by atoms with Crippen molar-refractivity contribution in [2.75, 3.05) is 0 Å². The highest BCUT2D eigenvalue weighted by atomic mass is 32.1. The Morgan fingerprint density at radius 2 is 2.11 bits per heavy atom. The lowest BCUT2D eigenvalue weighted by Crippen LogP contribution is -2.04. The minimum Gasteiger partial charge on any atom is -0.324 e. The SMILES string of the molecule is Cn1c(C(=O)/C=C/c2cccs2)nc2ccccc21. The van der Waals surface area contributed by atoms with Crippen molar-refractivity contribution in [2.24, 2.45) is 7.05 Å². The zero-order valence-electron chi connectivity index (χ0n) is 10.4. The number of thiophene rings is 1. The first kappa shape index (κ1) is 11.9. The highest BCUT2D eigenvalue weighted by molar-refractivity contribution is 7.10. The molecule has 0 fully saturated rings. The maximum atomic E-state index is 12.2. The van der Waals surface area contributed by atoms with Gasteiger partial charge in [0.1, 0.15) is 0 Å². The number of rotatable bonds is 3. The molecule has 2 aromatic heterocycles. The number of nitrogens with zero attached hydrogens (tertiary/aromatic N) is 2. The van der Waals surface area contributed by atoms with Crippen molar-refractivity contribution in [3.8, 4) is 0 Å². The first-order valence-corrected chi connectivity index (χ1v) is 6.81. The molecule has 3 rings (SSSR count). The van der Waals surface area contributed by atoms with Gasteiger partial charge in [-0.3, -0.25) is 4.79 Å². The van der Waals surface area contributed by atoms with Crippen LogP contribution >= 0.6 is 11.3 Å². The molecule has 0 aliphatic rings. The van der Waals surface area contributed by atoms with Gasteiger partial charge in [-0.15, -0.1) is 11.3 Å². The number of allylic oxidation sites excluding steroid dienone is 1. The first-order chi connectivity index (χ1) is 9.25. The van der Waals surface area contributed by atoms with E-state index in [1.165, 1.54) is 0 Å². The van der Waals surface area contributed by atoms with Crippen molar-refractivity contribution in [3.63, 3.8) is 0 Å². The molecular weight excluding hydrogens is 256 g/mol. The van der Waals surface area contributed by atoms with E-state index in [-0.39, 0.29) is 5.78 Å². The second-order valence-electron chi connectivity index (χ2n) is 4.20. The summed E-state index contributed by atoms with van der Waals surface area (Å²) in [5.74, 6) is 0.390. The number of hydrogen-bond donors (Lipinski definition) is 0. The van der Waals surface area contributed by atoms with E-state index >= 15 is 0 Å². The predicted molar refractivity (Wildman–Crippen MR) is 78.4 cm³/mol. The predicted octanol–water partition coefficient (Wildman–Crippen LogP) is 3.53. The molecule has 0 saturated carbocycles. The molecule has 2 heterocycles. The number of ketones is 1. The molecule has 3 nitrogen and oxygen atoms in total. The summed E-state index contributed by atoms with van der Waals surface area (Å²) < 4.78 is 1.83. The van der Waals surface area contributed by atoms with Crippen LogP contribution in [0.5, 0.6) is 0 Å². The van der Waals surface area contributed by atoms with Crippen LogP contribution in [0.15, 0.2) is 47.9 Å². The number of para-hydroxylation sites is 2. The van der Waals surface area contributed by atoms with Gasteiger partial charge >= 0.3 is 0 Å². The highest BCUT2D eigenvalue weighted by Gasteiger charge is 2.12. The van der Waals surface area contributed by atoms with Crippen LogP contribution in [0.3, 0.4) is 0 Å². The van der Waals surface area contributed by atoms with Gasteiger partial charge in [-0.1, -0.05) is 18.2 Å². The fourth-order valence-corrected chi connectivity index (χ4v) is 2.60. The summed E-state index contributed by atoms with van der Waals surface area (Å²) in [5.41, 5.74) is 1.81. The van der Waals surface area contributed by atoms with Crippen LogP contribution in [-0.2, 0) is 7.05 Å². The maximum Gasteiger partial charge on any atom is 0.221 e. The van der Waals surface area contributed by atoms with Crippen LogP contribution in [-0.4, -0.2) is 15.3 Å². The van der Waals surface area contributed by atoms with Gasteiger partial charge in [0.15, 0.2) is 5.82 Å². The zero-order valence-corrected chi connectivity index (χ0v) is 11.2. The molecule has 19 heavy (non-hydrogen) atoms. The Balaban J connectivity index is 1.96. The number of carbonyl (C=O) groups excluding carboxylic acids is 1. The third kappa shape index (κ3) is 2.22. The standard InChI is InChI=1S/C15H12N2OS/c1-17-13-7-3-2-6-12(13)16-15(17)14(18)9-8-11-5-4-10-19-11/h2-10H,1H3/b9-8+. The molecule has 0 atom stereocenters. The van der Waals surface area contributed by atoms with Crippen LogP contribution < -0.4 is 0 Å². The van der Waals surface area contributed by atoms with E-state index in [9.17, 15) is 4.79 Å². The Bertz CT molecular complexity index is 754. The molecule has 0 spiro atoms. The minimum atomic E-state index is -0.0768. The minimum absolute atomic E-state index is 0.0768. The topological polar surface area (TPSA) is 34.9 Å². The average Bonchev–Trinajstić information content (AvgIpc) is 3.05. The summed E-state index contributed by atoms with van der Waals surface area (Å²) in [7, 11) is 1.86. The number of carbonyl (C=O) groups is 1. The zero-order chi connectivity index (χ0) is 13.2. The Morgan fingerprint density at radius 1 is 1.26 bits per heavy atom. The van der Waals surface area contributed by atoms with E-state index in [4.69, 9.17) is 0 Å². The Labute approximate surface area is 114 Å². The average molecular weight is 268 g/mol. The Morgan fingerprint density at radius 3 is 2.84 bits per heavy atom. The van der Waals surface area contributed by atoms with Gasteiger partial charge in [0.05, 0.1) is 11.0 Å². The smallest absolute Gasteiger partial charge is 0.221 e. The van der Waals surface area contributed by atoms with Crippen molar-refractivity contribution in [1.29, 1.82) is 0 Å². The number of aromatic nitrogens is 2. The number of imidazole rings is 1. The third-order valence-corrected chi connectivity index (χ3v) is 3.79. The summed E-state index contributed by atoms with van der Waals surface area (Å²) in [5, 5.41) is 1.99. The van der Waals surface area contributed by atoms with E-state index in [2.05, 4.69) is 4.98 Å². The van der Waals surface area contributed by atoms with E-state index in [0.717, 1.165) is 15.9 Å². The van der Waals surface area contributed by atoms with E-state index in [1.54, 1.807) is 17.4 Å². The molecule has 94 valence electrons. The molecule has 3 aromatic rings. The van der Waals surface area contributed by atoms with Gasteiger partial charge in [0.25, 0.3) is 0 Å². The van der Waals surface area contributed by atoms with Crippen molar-refractivity contribution >= 4 is 34.2 Å². The lowest BCUT2D eigenvalue weighted by Gasteiger charge is -1.97. The fourth-order valence-electron chi connectivity index (χ4n) is 1.98. The normalized spacial score (nSPS) is 11.4. The summed E-state index contributed by atoms with van der Waals surface area (Å²) in [6.07, 6.45) is 3.40. The molecule has 4 heteroatoms. The van der Waals surface area contributed by atoms with Gasteiger partial charge in [-0.2, -0.15) is 0 Å². The van der Waals surface area contributed by atoms with Gasteiger partial charge in [-0.25, -0.2) is 4.98 Å². The number of aryl methyl sites for hydroxylation is 1. The van der Waals surface area contributed by atoms with E-state index in [0.29, 0.717) is 5.82 Å². The quantitative estimate of drug-likeness (QED) is 0.538. The molecule has 0 aliphatic carbocycles. The number of hydrogen-bond acceptors (Lipinski definition) is 3. The summed E-state index contributed by atoms with van der Waals surface area (Å²) in [6, 6.07) is 11.7. The van der Waals surface area contributed by atoms with E-state index in [1.807, 2.05) is 59.5 Å². The van der Waals surface area contributed by atoms with Crippen LogP contribution in [0, 0.1) is 0 Å². The Hall–Kier alpha value is -2.20. The lowest BCUT2D eigenvalue weighted by molar-refractivity contribution is 0.103. The van der Waals surface area contributed by atoms with Crippen molar-refractivity contribution in [3.05, 3.63) is 58.6 Å². The van der Waals surface area contributed by atoms with Crippen molar-refractivity contribution in [2.45, 2.75) is 0 Å². The first-order valence-electron chi connectivity index (χ1n) is 5.93. The summed E-state index contributed by atoms with van der Waals surface area (Å²) >= 11 is 1.60. The molecule has 0 saturated heterocycles. The summed E-state index contributed by atoms with van der Waals surface area (Å²) in [6.45, 7) is 0. The molecule has 1 aromatic carbocycles. The molecule has 0 radical (unpaired) electrons. The molecule has 0 unspecified atom stereocenters. The molecular formula is C15H12N2OS. The van der Waals surface area contributed by atoms with Crippen LogP contribution in [0.2, 0.25) is 0 Å². The number of fused-ring (bicyclic) bond motifs is 1. The monoisotopic (exact) mass is 268 g/mol. The molecule has 0 amide bonds. The Kier molecular flexibility index (Phi) is 3.01. The van der Waals surface area contributed by atoms with Crippen molar-refractivity contribution in [1.82, 2.24) is 9.55 Å². The largest absolute Gasteiger partial charge is 0.324 e. The summed E-state index contributed by atoms with van der Waals surface area (Å²) in [4.78, 5) is 17.6. The van der Waals surface area contributed by atoms with Crippen LogP contribution in [0.4, 0.5) is 0 Å². The van der Waals surface area contributed by atoms with Gasteiger partial charge < -0.3 is 4.57 Å². The molecule has 0 N–H and O–H groups in total. The van der Waals surface area contributed by atoms with Gasteiger partial charge in [-0.05, 0) is 35.7 Å². The van der Waals surface area contributed by atoms with Crippen LogP contribution in [0.1, 0.15) is 15.5 Å². The van der Waals surface area contributed by atoms with Gasteiger partial charge in [0, 0.05) is 11.9 Å². The second kappa shape index (κ2) is 4.82. The number of benzene rings is 1. The lowest BCUT2D eigenvalue weighted by atomic mass is 10.3. The molecule has 0 bridgehead atoms. The highest BCUT2D eigenvalue weighted by Crippen LogP contribution is 2.16. The molecule has 0 aliphatic heterocycles.